The largest absolute Gasteiger partial charge is 0.695 e. The predicted molar refractivity (Wildman–Crippen MR) is 27.3 cm³/mol. The highest BCUT2D eigenvalue weighted by molar-refractivity contribution is 7.85. The smallest absolute Gasteiger partial charge is 0.284 e. The lowest BCUT2D eigenvalue weighted by molar-refractivity contribution is 0.311. The number of hydrogen-bond donors (Lipinski definition) is 2. The quantitative estimate of drug-likeness (QED) is 0.442. The molecule has 0 aromatic heterocycles. The van der Waals surface area contributed by atoms with Gasteiger partial charge in [0.1, 0.15) is 0 Å². The van der Waals surface area contributed by atoms with E-state index in [1.165, 1.54) is 0 Å². The van der Waals surface area contributed by atoms with Gasteiger partial charge in [-0.2, -0.15) is 8.42 Å². The molecule has 0 aromatic rings. The Balaban J connectivity index is 3.67. The van der Waals surface area contributed by atoms with Crippen LogP contribution in [0, 0.1) is 0 Å². The first-order chi connectivity index (χ1) is 3.92. The van der Waals surface area contributed by atoms with Gasteiger partial charge in [0, 0.05) is 4.57 Å². The van der Waals surface area contributed by atoms with Crippen LogP contribution in [0.5, 0.6) is 0 Å². The molecule has 0 fully saturated rings. The lowest BCUT2D eigenvalue weighted by Gasteiger charge is -1.82. The van der Waals surface area contributed by atoms with Crippen LogP contribution in [0.1, 0.15) is 0 Å². The van der Waals surface area contributed by atoms with Crippen LogP contribution in [0.15, 0.2) is 0 Å². The van der Waals surface area contributed by atoms with Crippen LogP contribution in [-0.2, 0) is 19.2 Å². The van der Waals surface area contributed by atoms with Gasteiger partial charge in [-0.1, -0.05) is 0 Å². The standard InChI is InChI=1S/CH3O6PS/c2-8(3)7-1-9(4,5)6/h1H2,(H-,2,3,4,5,6)/p+1. The SMILES string of the molecule is O=[P+](O)OCS(=O)(=O)O. The van der Waals surface area contributed by atoms with Gasteiger partial charge in [-0.05, 0) is 0 Å². The van der Waals surface area contributed by atoms with E-state index >= 15 is 0 Å². The first-order valence-corrected chi connectivity index (χ1v) is 4.40. The maximum absolute atomic E-state index is 9.73. The Kier molecular flexibility index (Phi) is 3.16. The van der Waals surface area contributed by atoms with Crippen LogP contribution in [0.4, 0.5) is 0 Å². The molecule has 0 aliphatic carbocycles. The first kappa shape index (κ1) is 8.93. The van der Waals surface area contributed by atoms with Crippen LogP contribution >= 0.6 is 8.25 Å². The average molecular weight is 175 g/mol. The molecule has 0 amide bonds. The molecule has 0 radical (unpaired) electrons. The van der Waals surface area contributed by atoms with Crippen LogP contribution in [0.2, 0.25) is 0 Å². The molecular weight excluding hydrogens is 171 g/mol. The zero-order valence-corrected chi connectivity index (χ0v) is 5.80. The fourth-order valence-electron chi connectivity index (χ4n) is 0.112. The number of hydrogen-bond acceptors (Lipinski definition) is 4. The Hall–Kier alpha value is -0.0700. The molecule has 9 heavy (non-hydrogen) atoms. The second kappa shape index (κ2) is 3.19. The van der Waals surface area contributed by atoms with E-state index in [0.29, 0.717) is 0 Å². The molecule has 0 aliphatic rings. The average Bonchev–Trinajstić information content (AvgIpc) is 1.59. The van der Waals surface area contributed by atoms with Gasteiger partial charge < -0.3 is 0 Å². The summed E-state index contributed by atoms with van der Waals surface area (Å²) in [7, 11) is -7.24. The molecule has 0 saturated heterocycles. The third-order valence-corrected chi connectivity index (χ3v) is 1.25. The van der Waals surface area contributed by atoms with Crippen molar-refractivity contribution in [2.75, 3.05) is 5.94 Å². The molecule has 0 saturated carbocycles. The molecule has 0 aromatic carbocycles. The number of rotatable bonds is 3. The highest BCUT2D eigenvalue weighted by Crippen LogP contribution is 2.14. The van der Waals surface area contributed by atoms with Crippen molar-refractivity contribution < 1.29 is 27.0 Å². The van der Waals surface area contributed by atoms with E-state index < -0.39 is 24.3 Å². The molecular formula is CH4O6PS+. The molecule has 1 unspecified atom stereocenters. The summed E-state index contributed by atoms with van der Waals surface area (Å²) < 4.78 is 40.6. The Morgan fingerprint density at radius 1 is 1.56 bits per heavy atom. The third-order valence-electron chi connectivity index (χ3n) is 0.312. The van der Waals surface area contributed by atoms with Crippen LogP contribution in [0.3, 0.4) is 0 Å². The summed E-state index contributed by atoms with van der Waals surface area (Å²) >= 11 is 0. The fourth-order valence-corrected chi connectivity index (χ4v) is 1.01. The molecule has 6 nitrogen and oxygen atoms in total. The van der Waals surface area contributed by atoms with Crippen molar-refractivity contribution in [2.24, 2.45) is 0 Å². The van der Waals surface area contributed by atoms with E-state index in [1.807, 2.05) is 0 Å². The zero-order chi connectivity index (χ0) is 7.49. The van der Waals surface area contributed by atoms with Gasteiger partial charge in [-0.25, -0.2) is 0 Å². The van der Waals surface area contributed by atoms with Crippen molar-refractivity contribution in [2.45, 2.75) is 0 Å². The molecule has 0 aliphatic heterocycles. The summed E-state index contributed by atoms with van der Waals surface area (Å²) in [6.07, 6.45) is 0. The highest BCUT2D eigenvalue weighted by atomic mass is 32.2. The molecule has 0 rings (SSSR count). The highest BCUT2D eigenvalue weighted by Gasteiger charge is 2.17. The van der Waals surface area contributed by atoms with Gasteiger partial charge in [-0.15, -0.1) is 9.42 Å². The maximum Gasteiger partial charge on any atom is 0.695 e. The summed E-state index contributed by atoms with van der Waals surface area (Å²) in [5.41, 5.74) is 0. The predicted octanol–water partition coefficient (Wildman–Crippen LogP) is -0.502. The summed E-state index contributed by atoms with van der Waals surface area (Å²) in [5.74, 6) is -1.15. The van der Waals surface area contributed by atoms with Crippen LogP contribution in [0.25, 0.3) is 0 Å². The van der Waals surface area contributed by atoms with E-state index in [0.717, 1.165) is 0 Å². The summed E-state index contributed by atoms with van der Waals surface area (Å²) in [5, 5.41) is 0. The van der Waals surface area contributed by atoms with Gasteiger partial charge in [0.15, 0.2) is 0 Å². The van der Waals surface area contributed by atoms with Crippen molar-refractivity contribution in [1.29, 1.82) is 0 Å². The van der Waals surface area contributed by atoms with E-state index in [4.69, 9.17) is 9.45 Å². The lowest BCUT2D eigenvalue weighted by Crippen LogP contribution is -2.03. The third kappa shape index (κ3) is 7.93. The van der Waals surface area contributed by atoms with Crippen molar-refractivity contribution in [3.63, 3.8) is 0 Å². The molecule has 2 N–H and O–H groups in total. The minimum atomic E-state index is -4.29. The zero-order valence-electron chi connectivity index (χ0n) is 4.09. The van der Waals surface area contributed by atoms with E-state index in [1.54, 1.807) is 0 Å². The topological polar surface area (TPSA) is 101 Å². The minimum Gasteiger partial charge on any atom is -0.284 e. The summed E-state index contributed by atoms with van der Waals surface area (Å²) in [6, 6.07) is 0. The second-order valence-corrected chi connectivity index (χ2v) is 3.20. The Labute approximate surface area is 52.2 Å². The lowest BCUT2D eigenvalue weighted by atomic mass is 11.7. The fraction of sp³-hybridized carbons (Fsp3) is 1.00. The van der Waals surface area contributed by atoms with Gasteiger partial charge in [0.05, 0.1) is 0 Å². The van der Waals surface area contributed by atoms with E-state index in [2.05, 4.69) is 4.52 Å². The van der Waals surface area contributed by atoms with E-state index in [9.17, 15) is 13.0 Å². The monoisotopic (exact) mass is 175 g/mol. The molecule has 0 bridgehead atoms. The van der Waals surface area contributed by atoms with Gasteiger partial charge in [-0.3, -0.25) is 4.55 Å². The van der Waals surface area contributed by atoms with Gasteiger partial charge >= 0.3 is 8.25 Å². The Bertz CT molecular complexity index is 191. The Morgan fingerprint density at radius 3 is 2.11 bits per heavy atom. The minimum absolute atomic E-state index is 1.15. The molecule has 8 heteroatoms. The maximum atomic E-state index is 9.73. The van der Waals surface area contributed by atoms with Crippen molar-refractivity contribution >= 4 is 18.4 Å². The van der Waals surface area contributed by atoms with Crippen molar-refractivity contribution in [1.82, 2.24) is 0 Å². The Morgan fingerprint density at radius 2 is 2.00 bits per heavy atom. The second-order valence-electron chi connectivity index (χ2n) is 1.07. The first-order valence-electron chi connectivity index (χ1n) is 1.66. The molecule has 54 valence electrons. The van der Waals surface area contributed by atoms with Crippen LogP contribution < -0.4 is 0 Å². The molecule has 0 spiro atoms. The van der Waals surface area contributed by atoms with E-state index in [-0.39, 0.29) is 0 Å². The summed E-state index contributed by atoms with van der Waals surface area (Å²) in [4.78, 5) is 7.83. The van der Waals surface area contributed by atoms with Crippen molar-refractivity contribution in [3.8, 4) is 0 Å². The van der Waals surface area contributed by atoms with Crippen molar-refractivity contribution in [3.05, 3.63) is 0 Å². The molecule has 0 heterocycles. The molecule has 1 atom stereocenters. The summed E-state index contributed by atoms with van der Waals surface area (Å²) in [6.45, 7) is 0. The van der Waals surface area contributed by atoms with Gasteiger partial charge in [0.25, 0.3) is 10.1 Å². The normalized spacial score (nSPS) is 13.3. The van der Waals surface area contributed by atoms with Gasteiger partial charge in [0.2, 0.25) is 5.94 Å². The van der Waals surface area contributed by atoms with Crippen LogP contribution in [-0.4, -0.2) is 23.8 Å².